The van der Waals surface area contributed by atoms with Crippen molar-refractivity contribution >= 4 is 23.2 Å². The second-order valence-electron chi connectivity index (χ2n) is 6.79. The van der Waals surface area contributed by atoms with Gasteiger partial charge in [-0.25, -0.2) is 0 Å². The number of anilines is 1. The second-order valence-corrected chi connectivity index (χ2v) is 7.19. The minimum atomic E-state index is -0.251. The minimum Gasteiger partial charge on any atom is -0.493 e. The summed E-state index contributed by atoms with van der Waals surface area (Å²) < 4.78 is 22.6. The molecule has 0 radical (unpaired) electrons. The average molecular weight is 440 g/mol. The van der Waals surface area contributed by atoms with Gasteiger partial charge in [-0.05, 0) is 49.4 Å². The lowest BCUT2D eigenvalue weighted by atomic mass is 10.1. The van der Waals surface area contributed by atoms with Crippen molar-refractivity contribution in [2.24, 2.45) is 0 Å². The quantitative estimate of drug-likeness (QED) is 0.538. The van der Waals surface area contributed by atoms with E-state index in [1.54, 1.807) is 48.5 Å². The van der Waals surface area contributed by atoms with Gasteiger partial charge in [0.25, 0.3) is 5.91 Å². The fourth-order valence-corrected chi connectivity index (χ4v) is 3.36. The first-order chi connectivity index (χ1) is 15.1. The molecule has 160 valence electrons. The lowest BCUT2D eigenvalue weighted by Crippen LogP contribution is -2.16. The Bertz CT molecular complexity index is 1090. The summed E-state index contributed by atoms with van der Waals surface area (Å²) >= 11 is 6.17. The molecule has 3 aromatic carbocycles. The molecule has 0 aromatic heterocycles. The molecule has 1 heterocycles. The van der Waals surface area contributed by atoms with Crippen LogP contribution in [-0.4, -0.2) is 25.7 Å². The lowest BCUT2D eigenvalue weighted by Gasteiger charge is -2.19. The molecule has 0 saturated carbocycles. The van der Waals surface area contributed by atoms with E-state index >= 15 is 0 Å². The largest absolute Gasteiger partial charge is 0.493 e. The summed E-state index contributed by atoms with van der Waals surface area (Å²) in [4.78, 5) is 12.8. The van der Waals surface area contributed by atoms with E-state index in [0.29, 0.717) is 59.1 Å². The Morgan fingerprint density at radius 3 is 2.58 bits per heavy atom. The van der Waals surface area contributed by atoms with Crippen molar-refractivity contribution in [1.82, 2.24) is 0 Å². The van der Waals surface area contributed by atoms with Crippen LogP contribution < -0.4 is 24.3 Å². The number of benzene rings is 3. The van der Waals surface area contributed by atoms with Gasteiger partial charge in [0.2, 0.25) is 0 Å². The van der Waals surface area contributed by atoms with Crippen LogP contribution in [0.25, 0.3) is 0 Å². The van der Waals surface area contributed by atoms with Gasteiger partial charge in [0, 0.05) is 22.9 Å². The van der Waals surface area contributed by atoms with Gasteiger partial charge in [-0.2, -0.15) is 0 Å². The number of ether oxygens (including phenoxy) is 4. The van der Waals surface area contributed by atoms with Gasteiger partial charge in [-0.15, -0.1) is 0 Å². The zero-order valence-corrected chi connectivity index (χ0v) is 17.8. The molecule has 0 spiro atoms. The molecular formula is C24H22ClNO5. The molecule has 0 saturated heterocycles. The summed E-state index contributed by atoms with van der Waals surface area (Å²) in [6.07, 6.45) is 0. The molecule has 7 heteroatoms. The number of nitrogens with one attached hydrogen (secondary N) is 1. The zero-order chi connectivity index (χ0) is 21.6. The summed E-state index contributed by atoms with van der Waals surface area (Å²) in [7, 11) is 0. The van der Waals surface area contributed by atoms with Crippen LogP contribution in [0.1, 0.15) is 22.8 Å². The molecule has 1 amide bonds. The van der Waals surface area contributed by atoms with Crippen LogP contribution in [0, 0.1) is 0 Å². The number of hydrogen-bond donors (Lipinski definition) is 1. The molecule has 0 aliphatic carbocycles. The van der Waals surface area contributed by atoms with E-state index in [2.05, 4.69) is 5.32 Å². The Labute approximate surface area is 185 Å². The first kappa shape index (κ1) is 20.9. The zero-order valence-electron chi connectivity index (χ0n) is 17.0. The summed E-state index contributed by atoms with van der Waals surface area (Å²) in [6, 6.07) is 17.8. The fourth-order valence-electron chi connectivity index (χ4n) is 3.17. The smallest absolute Gasteiger partial charge is 0.255 e. The predicted octanol–water partition coefficient (Wildman–Crippen LogP) is 5.34. The summed E-state index contributed by atoms with van der Waals surface area (Å²) in [5.74, 6) is 2.26. The van der Waals surface area contributed by atoms with Crippen molar-refractivity contribution in [3.63, 3.8) is 0 Å². The molecule has 3 aromatic rings. The number of halogens is 1. The number of rotatable bonds is 7. The normalized spacial score (nSPS) is 12.2. The van der Waals surface area contributed by atoms with Crippen molar-refractivity contribution < 1.29 is 23.7 Å². The molecule has 0 atom stereocenters. The van der Waals surface area contributed by atoms with E-state index in [-0.39, 0.29) is 12.5 Å². The summed E-state index contributed by atoms with van der Waals surface area (Å²) in [5.41, 5.74) is 1.85. The van der Waals surface area contributed by atoms with Gasteiger partial charge in [0.15, 0.2) is 11.5 Å². The van der Waals surface area contributed by atoms with Crippen molar-refractivity contribution in [2.45, 2.75) is 13.5 Å². The molecule has 1 aliphatic rings. The Morgan fingerprint density at radius 2 is 1.77 bits per heavy atom. The molecule has 0 fully saturated rings. The Morgan fingerprint density at radius 1 is 0.968 bits per heavy atom. The molecule has 1 N–H and O–H groups in total. The van der Waals surface area contributed by atoms with Crippen molar-refractivity contribution in [3.05, 3.63) is 76.8 Å². The van der Waals surface area contributed by atoms with Gasteiger partial charge in [0.05, 0.1) is 11.6 Å². The number of carbonyl (C=O) groups excluding carboxylic acids is 1. The minimum absolute atomic E-state index is 0.213. The van der Waals surface area contributed by atoms with Gasteiger partial charge in [0.1, 0.15) is 31.3 Å². The molecule has 4 rings (SSSR count). The Kier molecular flexibility index (Phi) is 6.48. The third kappa shape index (κ3) is 5.03. The highest BCUT2D eigenvalue weighted by Gasteiger charge is 2.15. The topological polar surface area (TPSA) is 66.0 Å². The number of fused-ring (bicyclic) bond motifs is 1. The third-order valence-electron chi connectivity index (χ3n) is 4.64. The second kappa shape index (κ2) is 9.62. The molecule has 0 bridgehead atoms. The van der Waals surface area contributed by atoms with E-state index in [1.165, 1.54) is 0 Å². The van der Waals surface area contributed by atoms with Gasteiger partial charge in [-0.1, -0.05) is 23.7 Å². The number of amides is 1. The van der Waals surface area contributed by atoms with E-state index < -0.39 is 0 Å². The molecular weight excluding hydrogens is 418 g/mol. The maximum absolute atomic E-state index is 12.8. The van der Waals surface area contributed by atoms with E-state index in [9.17, 15) is 4.79 Å². The first-order valence-corrected chi connectivity index (χ1v) is 10.4. The SMILES string of the molecule is CCOc1ccc(C(=O)Nc2ccc3c(c2)OCCO3)cc1COc1ccccc1Cl. The fraction of sp³-hybridized carbons (Fsp3) is 0.208. The summed E-state index contributed by atoms with van der Waals surface area (Å²) in [6.45, 7) is 3.62. The van der Waals surface area contributed by atoms with Crippen LogP contribution in [0.2, 0.25) is 5.02 Å². The molecule has 6 nitrogen and oxygen atoms in total. The van der Waals surface area contributed by atoms with Gasteiger partial charge < -0.3 is 24.3 Å². The molecule has 0 unspecified atom stereocenters. The highest BCUT2D eigenvalue weighted by Crippen LogP contribution is 2.33. The lowest BCUT2D eigenvalue weighted by molar-refractivity contribution is 0.102. The average Bonchev–Trinajstić information content (AvgIpc) is 2.79. The van der Waals surface area contributed by atoms with Crippen molar-refractivity contribution in [3.8, 4) is 23.0 Å². The first-order valence-electron chi connectivity index (χ1n) is 9.98. The van der Waals surface area contributed by atoms with Crippen LogP contribution in [0.3, 0.4) is 0 Å². The molecule has 31 heavy (non-hydrogen) atoms. The van der Waals surface area contributed by atoms with Gasteiger partial charge in [-0.3, -0.25) is 4.79 Å². The highest BCUT2D eigenvalue weighted by molar-refractivity contribution is 6.32. The summed E-state index contributed by atoms with van der Waals surface area (Å²) in [5, 5.41) is 3.41. The number of carbonyl (C=O) groups is 1. The van der Waals surface area contributed by atoms with Crippen LogP contribution in [0.4, 0.5) is 5.69 Å². The van der Waals surface area contributed by atoms with Crippen LogP contribution in [0.5, 0.6) is 23.0 Å². The van der Waals surface area contributed by atoms with E-state index in [4.69, 9.17) is 30.5 Å². The Balaban J connectivity index is 1.51. The van der Waals surface area contributed by atoms with Crippen LogP contribution in [-0.2, 0) is 6.61 Å². The number of para-hydroxylation sites is 1. The van der Waals surface area contributed by atoms with Crippen molar-refractivity contribution in [1.29, 1.82) is 0 Å². The monoisotopic (exact) mass is 439 g/mol. The van der Waals surface area contributed by atoms with Crippen molar-refractivity contribution in [2.75, 3.05) is 25.1 Å². The van der Waals surface area contributed by atoms with E-state index in [0.717, 1.165) is 5.56 Å². The standard InChI is InChI=1S/C24H22ClNO5/c1-2-28-20-9-7-16(13-17(20)15-31-21-6-4-3-5-19(21)25)24(27)26-18-8-10-22-23(14-18)30-12-11-29-22/h3-10,13-14H,2,11-12,15H2,1H3,(H,26,27). The van der Waals surface area contributed by atoms with Crippen LogP contribution in [0.15, 0.2) is 60.7 Å². The maximum atomic E-state index is 12.8. The maximum Gasteiger partial charge on any atom is 0.255 e. The van der Waals surface area contributed by atoms with Crippen LogP contribution >= 0.6 is 11.6 Å². The highest BCUT2D eigenvalue weighted by atomic mass is 35.5. The molecule has 1 aliphatic heterocycles. The Hall–Kier alpha value is -3.38. The third-order valence-corrected chi connectivity index (χ3v) is 4.95. The predicted molar refractivity (Wildman–Crippen MR) is 119 cm³/mol. The van der Waals surface area contributed by atoms with Gasteiger partial charge >= 0.3 is 0 Å². The number of hydrogen-bond acceptors (Lipinski definition) is 5. The van der Waals surface area contributed by atoms with E-state index in [1.807, 2.05) is 19.1 Å².